The normalized spacial score (nSPS) is 12.9. The number of methoxy groups -OCH3 is 1. The molecule has 0 aromatic heterocycles. The lowest BCUT2D eigenvalue weighted by Crippen LogP contribution is -2.23. The number of benzene rings is 1. The van der Waals surface area contributed by atoms with E-state index in [9.17, 15) is 18.0 Å². The Balaban J connectivity index is 2.77. The van der Waals surface area contributed by atoms with Crippen molar-refractivity contribution in [2.24, 2.45) is 0 Å². The van der Waals surface area contributed by atoms with Crippen molar-refractivity contribution in [1.29, 1.82) is 0 Å². The van der Waals surface area contributed by atoms with Gasteiger partial charge in [-0.3, -0.25) is 4.79 Å². The van der Waals surface area contributed by atoms with Crippen molar-refractivity contribution in [2.75, 3.05) is 12.4 Å². The number of ether oxygens (including phenoxy) is 1. The summed E-state index contributed by atoms with van der Waals surface area (Å²) in [6.45, 7) is 1.84. The predicted octanol–water partition coefficient (Wildman–Crippen LogP) is 3.46. The van der Waals surface area contributed by atoms with Crippen molar-refractivity contribution < 1.29 is 22.7 Å². The summed E-state index contributed by atoms with van der Waals surface area (Å²) < 4.78 is 42.2. The first-order chi connectivity index (χ1) is 8.86. The number of hydrogen-bond donors (Lipinski definition) is 1. The van der Waals surface area contributed by atoms with Crippen LogP contribution >= 0.6 is 0 Å². The summed E-state index contributed by atoms with van der Waals surface area (Å²) in [5, 5.41) is 2.91. The van der Waals surface area contributed by atoms with Crippen LogP contribution in [0.15, 0.2) is 24.3 Å². The van der Waals surface area contributed by atoms with Gasteiger partial charge in [0.2, 0.25) is 0 Å². The highest BCUT2D eigenvalue weighted by atomic mass is 19.4. The summed E-state index contributed by atoms with van der Waals surface area (Å²) in [6.07, 6.45) is -3.66. The predicted molar refractivity (Wildman–Crippen MR) is 65.8 cm³/mol. The molecule has 19 heavy (non-hydrogen) atoms. The van der Waals surface area contributed by atoms with Gasteiger partial charge in [0.25, 0.3) is 0 Å². The van der Waals surface area contributed by atoms with Gasteiger partial charge in [0.15, 0.2) is 0 Å². The third-order valence-electron chi connectivity index (χ3n) is 2.69. The van der Waals surface area contributed by atoms with Crippen LogP contribution < -0.4 is 5.32 Å². The SMILES string of the molecule is CCC(CC(=O)OC)Nc1cccc(C(F)(F)F)c1. The highest BCUT2D eigenvalue weighted by Crippen LogP contribution is 2.30. The van der Waals surface area contributed by atoms with E-state index in [1.165, 1.54) is 19.2 Å². The first kappa shape index (κ1) is 15.3. The molecular formula is C13H16F3NO2. The molecule has 3 nitrogen and oxygen atoms in total. The Kier molecular flexibility index (Phi) is 5.20. The fourth-order valence-corrected chi connectivity index (χ4v) is 1.60. The molecule has 1 rings (SSSR count). The zero-order valence-corrected chi connectivity index (χ0v) is 10.8. The van der Waals surface area contributed by atoms with Gasteiger partial charge in [0, 0.05) is 11.7 Å². The highest BCUT2D eigenvalue weighted by Gasteiger charge is 2.30. The molecule has 0 spiro atoms. The molecular weight excluding hydrogens is 259 g/mol. The summed E-state index contributed by atoms with van der Waals surface area (Å²) in [5.41, 5.74) is -0.379. The summed E-state index contributed by atoms with van der Waals surface area (Å²) >= 11 is 0. The number of hydrogen-bond acceptors (Lipinski definition) is 3. The van der Waals surface area contributed by atoms with Crippen molar-refractivity contribution in [3.05, 3.63) is 29.8 Å². The topological polar surface area (TPSA) is 38.3 Å². The molecule has 0 heterocycles. The molecule has 1 N–H and O–H groups in total. The average Bonchev–Trinajstić information content (AvgIpc) is 2.37. The second-order valence-corrected chi connectivity index (χ2v) is 4.11. The van der Waals surface area contributed by atoms with Crippen LogP contribution in [0.5, 0.6) is 0 Å². The zero-order valence-electron chi connectivity index (χ0n) is 10.8. The van der Waals surface area contributed by atoms with Crippen molar-refractivity contribution >= 4 is 11.7 Å². The van der Waals surface area contributed by atoms with E-state index in [1.807, 2.05) is 6.92 Å². The number of esters is 1. The number of nitrogens with one attached hydrogen (secondary N) is 1. The van der Waals surface area contributed by atoms with Gasteiger partial charge in [-0.15, -0.1) is 0 Å². The maximum atomic E-state index is 12.6. The highest BCUT2D eigenvalue weighted by molar-refractivity contribution is 5.70. The first-order valence-electron chi connectivity index (χ1n) is 5.87. The van der Waals surface area contributed by atoms with E-state index in [-0.39, 0.29) is 12.5 Å². The van der Waals surface area contributed by atoms with E-state index in [2.05, 4.69) is 10.1 Å². The molecule has 0 aliphatic carbocycles. The summed E-state index contributed by atoms with van der Waals surface area (Å²) in [5.74, 6) is -0.397. The fourth-order valence-electron chi connectivity index (χ4n) is 1.60. The standard InChI is InChI=1S/C13H16F3NO2/c1-3-10(8-12(18)19-2)17-11-6-4-5-9(7-11)13(14,15)16/h4-7,10,17H,3,8H2,1-2H3. The third-order valence-corrected chi connectivity index (χ3v) is 2.69. The lowest BCUT2D eigenvalue weighted by molar-refractivity contribution is -0.141. The molecule has 1 aromatic carbocycles. The Hall–Kier alpha value is -1.72. The van der Waals surface area contributed by atoms with Crippen molar-refractivity contribution in [3.8, 4) is 0 Å². The second-order valence-electron chi connectivity index (χ2n) is 4.11. The lowest BCUT2D eigenvalue weighted by atomic mass is 10.1. The number of anilines is 1. The van der Waals surface area contributed by atoms with Crippen LogP contribution in [0.3, 0.4) is 0 Å². The quantitative estimate of drug-likeness (QED) is 0.836. The Morgan fingerprint density at radius 2 is 2.11 bits per heavy atom. The van der Waals surface area contributed by atoms with Crippen LogP contribution in [-0.4, -0.2) is 19.1 Å². The van der Waals surface area contributed by atoms with Gasteiger partial charge in [-0.2, -0.15) is 13.2 Å². The van der Waals surface area contributed by atoms with E-state index in [0.29, 0.717) is 12.1 Å². The molecule has 0 fully saturated rings. The Bertz CT molecular complexity index is 432. The number of alkyl halides is 3. The van der Waals surface area contributed by atoms with E-state index < -0.39 is 17.7 Å². The molecule has 6 heteroatoms. The average molecular weight is 275 g/mol. The minimum atomic E-state index is -4.37. The lowest BCUT2D eigenvalue weighted by Gasteiger charge is -2.18. The van der Waals surface area contributed by atoms with Crippen LogP contribution in [-0.2, 0) is 15.7 Å². The summed E-state index contributed by atoms with van der Waals surface area (Å²) in [6, 6.07) is 4.65. The molecule has 0 amide bonds. The number of halogens is 3. The van der Waals surface area contributed by atoms with Gasteiger partial charge in [-0.25, -0.2) is 0 Å². The Morgan fingerprint density at radius 1 is 1.42 bits per heavy atom. The van der Waals surface area contributed by atoms with Gasteiger partial charge < -0.3 is 10.1 Å². The largest absolute Gasteiger partial charge is 0.469 e. The van der Waals surface area contributed by atoms with Gasteiger partial charge in [0.1, 0.15) is 0 Å². The minimum Gasteiger partial charge on any atom is -0.469 e. The van der Waals surface area contributed by atoms with Crippen molar-refractivity contribution in [1.82, 2.24) is 0 Å². The van der Waals surface area contributed by atoms with Crippen LogP contribution in [0, 0.1) is 0 Å². The monoisotopic (exact) mass is 275 g/mol. The molecule has 0 aliphatic rings. The van der Waals surface area contributed by atoms with E-state index >= 15 is 0 Å². The van der Waals surface area contributed by atoms with Crippen LogP contribution in [0.2, 0.25) is 0 Å². The van der Waals surface area contributed by atoms with Crippen molar-refractivity contribution in [2.45, 2.75) is 32.0 Å². The number of rotatable bonds is 5. The molecule has 0 bridgehead atoms. The molecule has 0 aliphatic heterocycles. The number of carbonyl (C=O) groups is 1. The van der Waals surface area contributed by atoms with Crippen molar-refractivity contribution in [3.63, 3.8) is 0 Å². The maximum absolute atomic E-state index is 12.6. The van der Waals surface area contributed by atoms with Crippen LogP contribution in [0.25, 0.3) is 0 Å². The van der Waals surface area contributed by atoms with Gasteiger partial charge in [-0.1, -0.05) is 13.0 Å². The second kappa shape index (κ2) is 6.45. The minimum absolute atomic E-state index is 0.114. The smallest absolute Gasteiger partial charge is 0.416 e. The third kappa shape index (κ3) is 4.81. The molecule has 106 valence electrons. The molecule has 1 atom stereocenters. The molecule has 0 saturated heterocycles. The maximum Gasteiger partial charge on any atom is 0.416 e. The van der Waals surface area contributed by atoms with Gasteiger partial charge >= 0.3 is 12.1 Å². The first-order valence-corrected chi connectivity index (χ1v) is 5.87. The van der Waals surface area contributed by atoms with Gasteiger partial charge in [-0.05, 0) is 24.6 Å². The van der Waals surface area contributed by atoms with Crippen LogP contribution in [0.4, 0.5) is 18.9 Å². The molecule has 0 radical (unpaired) electrons. The summed E-state index contributed by atoms with van der Waals surface area (Å²) in [4.78, 5) is 11.2. The molecule has 1 aromatic rings. The Morgan fingerprint density at radius 3 is 2.63 bits per heavy atom. The summed E-state index contributed by atoms with van der Waals surface area (Å²) in [7, 11) is 1.28. The van der Waals surface area contributed by atoms with Gasteiger partial charge in [0.05, 0.1) is 19.1 Å². The molecule has 1 unspecified atom stereocenters. The number of carbonyl (C=O) groups excluding carboxylic acids is 1. The fraction of sp³-hybridized carbons (Fsp3) is 0.462. The zero-order chi connectivity index (χ0) is 14.5. The Labute approximate surface area is 109 Å². The van der Waals surface area contributed by atoms with E-state index in [0.717, 1.165) is 12.1 Å². The van der Waals surface area contributed by atoms with E-state index in [4.69, 9.17) is 0 Å². The van der Waals surface area contributed by atoms with E-state index in [1.54, 1.807) is 0 Å². The van der Waals surface area contributed by atoms with Crippen LogP contribution in [0.1, 0.15) is 25.3 Å². The molecule has 0 saturated carbocycles.